The third kappa shape index (κ3) is 2.27. The maximum absolute atomic E-state index is 6.04. The molecule has 2 nitrogen and oxygen atoms in total. The second-order valence-electron chi connectivity index (χ2n) is 4.59. The van der Waals surface area contributed by atoms with Gasteiger partial charge in [0, 0.05) is 27.4 Å². The molecule has 0 amide bonds. The van der Waals surface area contributed by atoms with Gasteiger partial charge in [-0.05, 0) is 48.9 Å². The zero-order valence-corrected chi connectivity index (χ0v) is 11.3. The van der Waals surface area contributed by atoms with Gasteiger partial charge >= 0.3 is 0 Å². The Morgan fingerprint density at radius 2 is 1.84 bits per heavy atom. The van der Waals surface area contributed by atoms with Crippen LogP contribution in [0.3, 0.4) is 0 Å². The molecule has 0 fully saturated rings. The molecular formula is C16H13ClN2. The van der Waals surface area contributed by atoms with Crippen LogP contribution >= 0.6 is 11.6 Å². The number of nitrogens with zero attached hydrogens (tertiary/aromatic N) is 1. The van der Waals surface area contributed by atoms with E-state index in [1.807, 2.05) is 37.3 Å². The first kappa shape index (κ1) is 12.0. The fraction of sp³-hybridized carbons (Fsp3) is 0.0625. The van der Waals surface area contributed by atoms with Crippen molar-refractivity contribution in [2.24, 2.45) is 0 Å². The highest BCUT2D eigenvalue weighted by Crippen LogP contribution is 2.30. The summed E-state index contributed by atoms with van der Waals surface area (Å²) in [5, 5.41) is 1.79. The normalized spacial score (nSPS) is 10.8. The average molecular weight is 269 g/mol. The van der Waals surface area contributed by atoms with E-state index in [9.17, 15) is 0 Å². The van der Waals surface area contributed by atoms with E-state index in [4.69, 9.17) is 17.3 Å². The maximum Gasteiger partial charge on any atom is 0.0705 e. The monoisotopic (exact) mass is 268 g/mol. The first-order valence-electron chi connectivity index (χ1n) is 6.06. The zero-order chi connectivity index (χ0) is 13.4. The number of fused-ring (bicyclic) bond motifs is 1. The molecule has 0 aliphatic carbocycles. The van der Waals surface area contributed by atoms with Crippen LogP contribution in [0.15, 0.2) is 48.5 Å². The number of hydrogen-bond donors (Lipinski definition) is 1. The van der Waals surface area contributed by atoms with Gasteiger partial charge in [-0.3, -0.25) is 4.98 Å². The number of aryl methyl sites for hydroxylation is 1. The fourth-order valence-corrected chi connectivity index (χ4v) is 2.35. The smallest absolute Gasteiger partial charge is 0.0705 e. The molecule has 0 spiro atoms. The Balaban J connectivity index is 2.20. The van der Waals surface area contributed by atoms with E-state index in [0.29, 0.717) is 5.02 Å². The van der Waals surface area contributed by atoms with Gasteiger partial charge in [-0.2, -0.15) is 0 Å². The zero-order valence-electron chi connectivity index (χ0n) is 10.5. The molecule has 0 aliphatic heterocycles. The first-order chi connectivity index (χ1) is 9.13. The fourth-order valence-electron chi connectivity index (χ4n) is 2.17. The van der Waals surface area contributed by atoms with Crippen molar-refractivity contribution < 1.29 is 0 Å². The van der Waals surface area contributed by atoms with E-state index >= 15 is 0 Å². The summed E-state index contributed by atoms with van der Waals surface area (Å²) < 4.78 is 0. The van der Waals surface area contributed by atoms with Gasteiger partial charge in [0.2, 0.25) is 0 Å². The van der Waals surface area contributed by atoms with Crippen LogP contribution in [-0.4, -0.2) is 4.98 Å². The topological polar surface area (TPSA) is 38.9 Å². The molecule has 3 heteroatoms. The van der Waals surface area contributed by atoms with E-state index < -0.39 is 0 Å². The molecule has 3 rings (SSSR count). The minimum absolute atomic E-state index is 0.686. The number of halogens is 1. The summed E-state index contributed by atoms with van der Waals surface area (Å²) >= 11 is 6.04. The van der Waals surface area contributed by atoms with Crippen LogP contribution in [0.1, 0.15) is 5.69 Å². The van der Waals surface area contributed by atoms with Crippen LogP contribution in [0.4, 0.5) is 5.69 Å². The molecule has 1 aromatic heterocycles. The minimum atomic E-state index is 0.686. The molecule has 0 saturated heterocycles. The predicted molar refractivity (Wildman–Crippen MR) is 81.3 cm³/mol. The van der Waals surface area contributed by atoms with Crippen LogP contribution < -0.4 is 5.73 Å². The van der Waals surface area contributed by atoms with Crippen LogP contribution in [0.25, 0.3) is 22.0 Å². The lowest BCUT2D eigenvalue weighted by Crippen LogP contribution is -1.90. The number of nitrogens with two attached hydrogens (primary N) is 1. The Morgan fingerprint density at radius 1 is 1.00 bits per heavy atom. The second-order valence-corrected chi connectivity index (χ2v) is 5.03. The summed E-state index contributed by atoms with van der Waals surface area (Å²) in [4.78, 5) is 4.49. The third-order valence-electron chi connectivity index (χ3n) is 3.15. The third-order valence-corrected chi connectivity index (χ3v) is 3.39. The molecule has 0 aliphatic rings. The van der Waals surface area contributed by atoms with Crippen molar-refractivity contribution in [2.45, 2.75) is 6.92 Å². The van der Waals surface area contributed by atoms with Crippen LogP contribution in [0.2, 0.25) is 5.02 Å². The molecule has 1 heterocycles. The Bertz CT molecular complexity index is 766. The first-order valence-corrected chi connectivity index (χ1v) is 6.44. The second kappa shape index (κ2) is 4.56. The van der Waals surface area contributed by atoms with Crippen molar-refractivity contribution in [3.05, 3.63) is 59.2 Å². The van der Waals surface area contributed by atoms with E-state index in [1.54, 1.807) is 6.07 Å². The van der Waals surface area contributed by atoms with E-state index in [-0.39, 0.29) is 0 Å². The van der Waals surface area contributed by atoms with Crippen molar-refractivity contribution in [3.8, 4) is 11.1 Å². The lowest BCUT2D eigenvalue weighted by atomic mass is 10.0. The maximum atomic E-state index is 6.04. The highest BCUT2D eigenvalue weighted by molar-refractivity contribution is 6.31. The Labute approximate surface area is 116 Å². The molecule has 0 saturated carbocycles. The van der Waals surface area contributed by atoms with Crippen molar-refractivity contribution in [2.75, 3.05) is 5.73 Å². The number of benzene rings is 2. The Hall–Kier alpha value is -2.06. The Morgan fingerprint density at radius 3 is 2.68 bits per heavy atom. The molecule has 0 unspecified atom stereocenters. The predicted octanol–water partition coefficient (Wildman–Crippen LogP) is 4.45. The van der Waals surface area contributed by atoms with Crippen LogP contribution in [-0.2, 0) is 0 Å². The van der Waals surface area contributed by atoms with Crippen molar-refractivity contribution in [3.63, 3.8) is 0 Å². The van der Waals surface area contributed by atoms with Gasteiger partial charge in [0.25, 0.3) is 0 Å². The van der Waals surface area contributed by atoms with Gasteiger partial charge in [0.1, 0.15) is 0 Å². The molecule has 0 atom stereocenters. The van der Waals surface area contributed by atoms with Crippen LogP contribution in [0, 0.1) is 6.92 Å². The molecule has 3 aromatic rings. The molecule has 2 aromatic carbocycles. The van der Waals surface area contributed by atoms with Gasteiger partial charge < -0.3 is 5.73 Å². The van der Waals surface area contributed by atoms with Gasteiger partial charge in [-0.15, -0.1) is 0 Å². The lowest BCUT2D eigenvalue weighted by molar-refractivity contribution is 1.26. The summed E-state index contributed by atoms with van der Waals surface area (Å²) in [6.07, 6.45) is 0. The highest BCUT2D eigenvalue weighted by Gasteiger charge is 2.05. The van der Waals surface area contributed by atoms with Gasteiger partial charge in [-0.1, -0.05) is 23.7 Å². The van der Waals surface area contributed by atoms with Crippen molar-refractivity contribution in [1.29, 1.82) is 0 Å². The van der Waals surface area contributed by atoms with Gasteiger partial charge in [-0.25, -0.2) is 0 Å². The molecule has 94 valence electrons. The highest BCUT2D eigenvalue weighted by atomic mass is 35.5. The summed E-state index contributed by atoms with van der Waals surface area (Å²) in [6, 6.07) is 15.7. The molecule has 2 N–H and O–H groups in total. The van der Waals surface area contributed by atoms with Crippen LogP contribution in [0.5, 0.6) is 0 Å². The molecule has 19 heavy (non-hydrogen) atoms. The molecular weight excluding hydrogens is 256 g/mol. The number of anilines is 1. The number of rotatable bonds is 1. The number of pyridine rings is 1. The average Bonchev–Trinajstić information content (AvgIpc) is 2.41. The summed E-state index contributed by atoms with van der Waals surface area (Å²) in [5.74, 6) is 0. The van der Waals surface area contributed by atoms with Crippen molar-refractivity contribution in [1.82, 2.24) is 4.98 Å². The number of aromatic nitrogens is 1. The SMILES string of the molecule is Cc1ccc2cc(-c3cc(Cl)ccc3N)ccc2n1. The molecule has 0 radical (unpaired) electrons. The van der Waals surface area contributed by atoms with Gasteiger partial charge in [0.05, 0.1) is 5.52 Å². The van der Waals surface area contributed by atoms with E-state index in [1.165, 1.54) is 0 Å². The van der Waals surface area contributed by atoms with E-state index in [2.05, 4.69) is 17.1 Å². The largest absolute Gasteiger partial charge is 0.398 e. The number of hydrogen-bond acceptors (Lipinski definition) is 2. The summed E-state index contributed by atoms with van der Waals surface area (Å²) in [6.45, 7) is 1.99. The van der Waals surface area contributed by atoms with Gasteiger partial charge in [0.15, 0.2) is 0 Å². The van der Waals surface area contributed by atoms with Crippen molar-refractivity contribution >= 4 is 28.2 Å². The molecule has 0 bridgehead atoms. The quantitative estimate of drug-likeness (QED) is 0.663. The summed E-state index contributed by atoms with van der Waals surface area (Å²) in [5.41, 5.74) is 10.8. The Kier molecular flexibility index (Phi) is 2.88. The summed E-state index contributed by atoms with van der Waals surface area (Å²) in [7, 11) is 0. The standard InChI is InChI=1S/C16H13ClN2/c1-10-2-3-12-8-11(4-7-16(12)19-10)14-9-13(17)5-6-15(14)18/h2-9H,18H2,1H3. The lowest BCUT2D eigenvalue weighted by Gasteiger charge is -2.08. The van der Waals surface area contributed by atoms with E-state index in [0.717, 1.165) is 33.4 Å². The minimum Gasteiger partial charge on any atom is -0.398 e. The number of nitrogen functional groups attached to an aromatic ring is 1.